The van der Waals surface area contributed by atoms with Gasteiger partial charge in [0.15, 0.2) is 0 Å². The Hall–Kier alpha value is -0.900. The third-order valence-electron chi connectivity index (χ3n) is 3.97. The van der Waals surface area contributed by atoms with Gasteiger partial charge in [0.25, 0.3) is 0 Å². The molecule has 1 saturated heterocycles. The maximum atomic E-state index is 5.61. The second kappa shape index (κ2) is 7.63. The molecule has 19 heavy (non-hydrogen) atoms. The molecule has 0 saturated carbocycles. The van der Waals surface area contributed by atoms with Gasteiger partial charge in [-0.2, -0.15) is 0 Å². The van der Waals surface area contributed by atoms with E-state index in [9.17, 15) is 0 Å². The van der Waals surface area contributed by atoms with Crippen LogP contribution in [0.25, 0.3) is 0 Å². The highest BCUT2D eigenvalue weighted by Gasteiger charge is 2.10. The van der Waals surface area contributed by atoms with Crippen molar-refractivity contribution >= 4 is 0 Å². The third kappa shape index (κ3) is 4.60. The molecular weight excluding hydrogens is 236 g/mol. The van der Waals surface area contributed by atoms with Crippen molar-refractivity contribution in [2.75, 3.05) is 39.4 Å². The maximum Gasteiger partial charge on any atom is 0.0594 e. The first-order valence-electron chi connectivity index (χ1n) is 7.38. The molecule has 1 aliphatic rings. The average Bonchev–Trinajstić information content (AvgIpc) is 2.47. The molecule has 0 radical (unpaired) electrons. The highest BCUT2D eigenvalue weighted by atomic mass is 16.5. The van der Waals surface area contributed by atoms with Gasteiger partial charge >= 0.3 is 0 Å². The number of hydrogen-bond donors (Lipinski definition) is 1. The summed E-state index contributed by atoms with van der Waals surface area (Å²) in [7, 11) is 0. The number of ether oxygens (including phenoxy) is 1. The van der Waals surface area contributed by atoms with Crippen molar-refractivity contribution in [3.8, 4) is 0 Å². The molecule has 3 nitrogen and oxygen atoms in total. The van der Waals surface area contributed by atoms with E-state index in [2.05, 4.69) is 36.1 Å². The van der Waals surface area contributed by atoms with E-state index in [1.165, 1.54) is 11.1 Å². The van der Waals surface area contributed by atoms with Crippen molar-refractivity contribution in [1.29, 1.82) is 0 Å². The van der Waals surface area contributed by atoms with Crippen LogP contribution in [0, 0.1) is 0 Å². The van der Waals surface area contributed by atoms with E-state index in [-0.39, 0.29) is 0 Å². The summed E-state index contributed by atoms with van der Waals surface area (Å²) in [6.45, 7) is 8.07. The zero-order chi connectivity index (χ0) is 13.5. The van der Waals surface area contributed by atoms with Crippen LogP contribution >= 0.6 is 0 Å². The van der Waals surface area contributed by atoms with E-state index in [0.717, 1.165) is 52.2 Å². The molecule has 2 rings (SSSR count). The van der Waals surface area contributed by atoms with Gasteiger partial charge in [-0.3, -0.25) is 4.90 Å². The van der Waals surface area contributed by atoms with Crippen LogP contribution in [0.2, 0.25) is 0 Å². The van der Waals surface area contributed by atoms with Gasteiger partial charge in [0.05, 0.1) is 13.2 Å². The molecule has 1 aromatic rings. The molecule has 1 unspecified atom stereocenters. The first kappa shape index (κ1) is 14.5. The number of rotatable bonds is 6. The van der Waals surface area contributed by atoms with E-state index >= 15 is 0 Å². The van der Waals surface area contributed by atoms with Crippen molar-refractivity contribution in [2.45, 2.75) is 25.7 Å². The SMILES string of the molecule is CC(CCN)c1ccc(CCN2CCOCC2)cc1. The van der Waals surface area contributed by atoms with Gasteiger partial charge < -0.3 is 10.5 Å². The monoisotopic (exact) mass is 262 g/mol. The summed E-state index contributed by atoms with van der Waals surface area (Å²) in [5, 5.41) is 0. The number of benzene rings is 1. The minimum Gasteiger partial charge on any atom is -0.379 e. The van der Waals surface area contributed by atoms with E-state index in [0.29, 0.717) is 5.92 Å². The lowest BCUT2D eigenvalue weighted by molar-refractivity contribution is 0.0384. The molecule has 3 heteroatoms. The van der Waals surface area contributed by atoms with Gasteiger partial charge in [0.1, 0.15) is 0 Å². The average molecular weight is 262 g/mol. The highest BCUT2D eigenvalue weighted by Crippen LogP contribution is 2.18. The molecule has 0 bridgehead atoms. The summed E-state index contributed by atoms with van der Waals surface area (Å²) < 4.78 is 5.36. The van der Waals surface area contributed by atoms with Gasteiger partial charge in [0, 0.05) is 19.6 Å². The number of nitrogens with zero attached hydrogens (tertiary/aromatic N) is 1. The maximum absolute atomic E-state index is 5.61. The topological polar surface area (TPSA) is 38.5 Å². The quantitative estimate of drug-likeness (QED) is 0.852. The predicted octanol–water partition coefficient (Wildman–Crippen LogP) is 2.01. The molecule has 0 spiro atoms. The van der Waals surface area contributed by atoms with E-state index < -0.39 is 0 Å². The third-order valence-corrected chi connectivity index (χ3v) is 3.97. The fraction of sp³-hybridized carbons (Fsp3) is 0.625. The summed E-state index contributed by atoms with van der Waals surface area (Å²) in [6.07, 6.45) is 2.19. The fourth-order valence-electron chi connectivity index (χ4n) is 2.54. The molecule has 1 aromatic carbocycles. The normalized spacial score (nSPS) is 18.4. The first-order chi connectivity index (χ1) is 9.29. The second-order valence-electron chi connectivity index (χ2n) is 5.42. The second-order valence-corrected chi connectivity index (χ2v) is 5.42. The van der Waals surface area contributed by atoms with E-state index in [1.807, 2.05) is 0 Å². The lowest BCUT2D eigenvalue weighted by atomic mass is 9.96. The van der Waals surface area contributed by atoms with Gasteiger partial charge in [-0.25, -0.2) is 0 Å². The lowest BCUT2D eigenvalue weighted by Gasteiger charge is -2.26. The molecule has 1 atom stereocenters. The highest BCUT2D eigenvalue weighted by molar-refractivity contribution is 5.25. The Kier molecular flexibility index (Phi) is 5.83. The molecule has 1 fully saturated rings. The lowest BCUT2D eigenvalue weighted by Crippen LogP contribution is -2.37. The van der Waals surface area contributed by atoms with E-state index in [4.69, 9.17) is 10.5 Å². The predicted molar refractivity (Wildman–Crippen MR) is 79.5 cm³/mol. The summed E-state index contributed by atoms with van der Waals surface area (Å²) in [6, 6.07) is 9.05. The molecule has 0 amide bonds. The zero-order valence-corrected chi connectivity index (χ0v) is 12.0. The van der Waals surface area contributed by atoms with Crippen molar-refractivity contribution in [3.05, 3.63) is 35.4 Å². The van der Waals surface area contributed by atoms with Gasteiger partial charge in [-0.1, -0.05) is 31.2 Å². The Bertz CT molecular complexity index is 358. The number of morpholine rings is 1. The molecular formula is C16H26N2O. The van der Waals surface area contributed by atoms with Crippen LogP contribution in [-0.2, 0) is 11.2 Å². The van der Waals surface area contributed by atoms with E-state index in [1.54, 1.807) is 0 Å². The molecule has 0 aliphatic carbocycles. The van der Waals surface area contributed by atoms with Crippen LogP contribution in [0.1, 0.15) is 30.4 Å². The smallest absolute Gasteiger partial charge is 0.0594 e. The van der Waals surface area contributed by atoms with Crippen LogP contribution in [0.3, 0.4) is 0 Å². The number of nitrogens with two attached hydrogens (primary N) is 1. The minimum atomic E-state index is 0.568. The molecule has 106 valence electrons. The van der Waals surface area contributed by atoms with Gasteiger partial charge in [0.2, 0.25) is 0 Å². The van der Waals surface area contributed by atoms with Crippen molar-refractivity contribution in [2.24, 2.45) is 5.73 Å². The summed E-state index contributed by atoms with van der Waals surface area (Å²) in [4.78, 5) is 2.48. The van der Waals surface area contributed by atoms with Crippen LogP contribution in [0.15, 0.2) is 24.3 Å². The minimum absolute atomic E-state index is 0.568. The van der Waals surface area contributed by atoms with Crippen LogP contribution in [0.4, 0.5) is 0 Å². The largest absolute Gasteiger partial charge is 0.379 e. The Morgan fingerprint density at radius 3 is 2.53 bits per heavy atom. The molecule has 2 N–H and O–H groups in total. The van der Waals surface area contributed by atoms with Gasteiger partial charge in [-0.05, 0) is 36.4 Å². The summed E-state index contributed by atoms with van der Waals surface area (Å²) >= 11 is 0. The summed E-state index contributed by atoms with van der Waals surface area (Å²) in [5.74, 6) is 0.568. The van der Waals surface area contributed by atoms with Gasteiger partial charge in [-0.15, -0.1) is 0 Å². The Balaban J connectivity index is 1.81. The van der Waals surface area contributed by atoms with Crippen LogP contribution in [0.5, 0.6) is 0 Å². The zero-order valence-electron chi connectivity index (χ0n) is 12.0. The number of hydrogen-bond acceptors (Lipinski definition) is 3. The molecule has 1 aliphatic heterocycles. The Morgan fingerprint density at radius 1 is 1.21 bits per heavy atom. The van der Waals surface area contributed by atoms with Crippen LogP contribution in [-0.4, -0.2) is 44.3 Å². The first-order valence-corrected chi connectivity index (χ1v) is 7.38. The Labute approximate surface area is 116 Å². The van der Waals surface area contributed by atoms with Crippen LogP contribution < -0.4 is 5.73 Å². The fourth-order valence-corrected chi connectivity index (χ4v) is 2.54. The van der Waals surface area contributed by atoms with Crippen molar-refractivity contribution in [1.82, 2.24) is 4.90 Å². The van der Waals surface area contributed by atoms with Crippen molar-refractivity contribution < 1.29 is 4.74 Å². The Morgan fingerprint density at radius 2 is 1.89 bits per heavy atom. The molecule has 0 aromatic heterocycles. The molecule has 1 heterocycles. The van der Waals surface area contributed by atoms with Crippen molar-refractivity contribution in [3.63, 3.8) is 0 Å². The summed E-state index contributed by atoms with van der Waals surface area (Å²) in [5.41, 5.74) is 8.44. The standard InChI is InChI=1S/C16H26N2O/c1-14(6-8-17)16-4-2-15(3-5-16)7-9-18-10-12-19-13-11-18/h2-5,14H,6-13,17H2,1H3.